The molecule has 0 fully saturated rings. The lowest BCUT2D eigenvalue weighted by atomic mass is 9.97. The largest absolute Gasteiger partial charge is 0.456 e. The molecule has 2 heterocycles. The number of anilines is 3. The molecule has 0 radical (unpaired) electrons. The van der Waals surface area contributed by atoms with Gasteiger partial charge in [0.1, 0.15) is 16.7 Å². The van der Waals surface area contributed by atoms with Crippen molar-refractivity contribution >= 4 is 60.9 Å². The molecule has 4 heteroatoms. The number of aromatic nitrogens is 1. The third-order valence-electron chi connectivity index (χ3n) is 10.9. The van der Waals surface area contributed by atoms with E-state index in [1.165, 1.54) is 33.0 Å². The molecule has 9 aromatic carbocycles. The van der Waals surface area contributed by atoms with Gasteiger partial charge in [-0.15, -0.1) is 0 Å². The van der Waals surface area contributed by atoms with E-state index < -0.39 is 0 Å². The molecule has 0 saturated heterocycles. The maximum absolute atomic E-state index is 6.64. The first-order chi connectivity index (χ1) is 28.2. The molecule has 0 atom stereocenters. The minimum absolute atomic E-state index is 0.581. The molecule has 0 saturated carbocycles. The zero-order chi connectivity index (χ0) is 37.7. The summed E-state index contributed by atoms with van der Waals surface area (Å²) >= 11 is 0. The van der Waals surface area contributed by atoms with Crippen LogP contribution in [0.5, 0.6) is 0 Å². The predicted octanol–water partition coefficient (Wildman–Crippen LogP) is 15.0. The average Bonchev–Trinajstić information content (AvgIpc) is 3.88. The molecule has 2 aromatic heterocycles. The summed E-state index contributed by atoms with van der Waals surface area (Å²) in [4.78, 5) is 7.27. The maximum Gasteiger partial charge on any atom is 0.227 e. The lowest BCUT2D eigenvalue weighted by Gasteiger charge is -2.26. The topological polar surface area (TPSA) is 42.4 Å². The number of para-hydroxylation sites is 1. The molecule has 0 N–H and O–H groups in total. The Labute approximate surface area is 329 Å². The van der Waals surface area contributed by atoms with E-state index in [1.54, 1.807) is 0 Å². The van der Waals surface area contributed by atoms with E-state index in [4.69, 9.17) is 13.8 Å². The number of hydrogen-bond donors (Lipinski definition) is 0. The van der Waals surface area contributed by atoms with Crippen molar-refractivity contribution in [3.8, 4) is 44.8 Å². The molecule has 0 bridgehead atoms. The lowest BCUT2D eigenvalue weighted by Crippen LogP contribution is -2.09. The first-order valence-corrected chi connectivity index (χ1v) is 19.2. The van der Waals surface area contributed by atoms with Gasteiger partial charge in [0.25, 0.3) is 0 Å². The van der Waals surface area contributed by atoms with Crippen molar-refractivity contribution in [1.82, 2.24) is 4.98 Å². The van der Waals surface area contributed by atoms with Crippen LogP contribution in [-0.4, -0.2) is 4.98 Å². The van der Waals surface area contributed by atoms with Gasteiger partial charge in [-0.3, -0.25) is 0 Å². The van der Waals surface area contributed by atoms with Crippen molar-refractivity contribution in [1.29, 1.82) is 0 Å². The monoisotopic (exact) mass is 730 g/mol. The zero-order valence-corrected chi connectivity index (χ0v) is 30.8. The molecular formula is C53H34N2O2. The van der Waals surface area contributed by atoms with Crippen molar-refractivity contribution in [2.24, 2.45) is 0 Å². The molecule has 11 rings (SSSR count). The molecule has 0 amide bonds. The van der Waals surface area contributed by atoms with Crippen LogP contribution in [-0.2, 0) is 0 Å². The Morgan fingerprint density at radius 1 is 0.386 bits per heavy atom. The minimum Gasteiger partial charge on any atom is -0.456 e. The van der Waals surface area contributed by atoms with Crippen molar-refractivity contribution in [2.45, 2.75) is 0 Å². The fourth-order valence-corrected chi connectivity index (χ4v) is 8.18. The first-order valence-electron chi connectivity index (χ1n) is 19.2. The van der Waals surface area contributed by atoms with Gasteiger partial charge < -0.3 is 13.7 Å². The van der Waals surface area contributed by atoms with Gasteiger partial charge in [0.2, 0.25) is 5.89 Å². The van der Waals surface area contributed by atoms with Crippen LogP contribution in [0.15, 0.2) is 215 Å². The number of furan rings is 1. The van der Waals surface area contributed by atoms with Crippen molar-refractivity contribution in [2.75, 3.05) is 4.90 Å². The van der Waals surface area contributed by atoms with Gasteiger partial charge in [0.05, 0.1) is 0 Å². The Bertz CT molecular complexity index is 3200. The summed E-state index contributed by atoms with van der Waals surface area (Å²) in [6.45, 7) is 0. The predicted molar refractivity (Wildman–Crippen MR) is 235 cm³/mol. The molecule has 0 unspecified atom stereocenters. The third-order valence-corrected chi connectivity index (χ3v) is 10.9. The SMILES string of the molecule is c1ccc(-c2ccc(N(c3ccc(-c4cccc5ccccc45)cc3)c3ccc(-c4c5oc(-c6ccccc6)nc5cc5oc6ccccc6c45)cc3)cc2)cc1. The molecule has 11 aromatic rings. The van der Waals surface area contributed by atoms with Gasteiger partial charge in [-0.25, -0.2) is 4.98 Å². The Balaban J connectivity index is 1.05. The number of hydrogen-bond acceptors (Lipinski definition) is 4. The van der Waals surface area contributed by atoms with Crippen LogP contribution in [0.2, 0.25) is 0 Å². The summed E-state index contributed by atoms with van der Waals surface area (Å²) in [6, 6.07) is 72.3. The standard InChI is InChI=1S/C53H34N2O2/c1-3-12-35(13-4-1)36-22-28-41(29-23-36)55(42-30-24-38(25-31-42)45-20-11-17-37-14-7-8-18-44(37)45)43-32-26-39(27-33-43)50-51-46-19-9-10-21-48(46)56-49(51)34-47-52(50)57-53(54-47)40-15-5-2-6-16-40/h1-34H. The highest BCUT2D eigenvalue weighted by molar-refractivity contribution is 6.19. The molecule has 0 aliphatic heterocycles. The molecule has 268 valence electrons. The summed E-state index contributed by atoms with van der Waals surface area (Å²) in [5.74, 6) is 0.581. The van der Waals surface area contributed by atoms with Crippen LogP contribution in [0.3, 0.4) is 0 Å². The summed E-state index contributed by atoms with van der Waals surface area (Å²) in [5.41, 5.74) is 13.9. The van der Waals surface area contributed by atoms with Crippen LogP contribution in [0, 0.1) is 0 Å². The smallest absolute Gasteiger partial charge is 0.227 e. The van der Waals surface area contributed by atoms with Crippen LogP contribution in [0.4, 0.5) is 17.1 Å². The van der Waals surface area contributed by atoms with Gasteiger partial charge in [-0.05, 0) is 93.2 Å². The quantitative estimate of drug-likeness (QED) is 0.164. The second kappa shape index (κ2) is 13.6. The third kappa shape index (κ3) is 5.74. The molecule has 4 nitrogen and oxygen atoms in total. The number of benzene rings is 9. The first kappa shape index (κ1) is 32.7. The number of nitrogens with zero attached hydrogens (tertiary/aromatic N) is 2. The van der Waals surface area contributed by atoms with E-state index in [0.717, 1.165) is 66.8 Å². The fraction of sp³-hybridized carbons (Fsp3) is 0. The normalized spacial score (nSPS) is 11.5. The van der Waals surface area contributed by atoms with Gasteiger partial charge in [0, 0.05) is 45.0 Å². The molecule has 0 aliphatic rings. The Hall–Kier alpha value is -7.69. The maximum atomic E-state index is 6.64. The Morgan fingerprint density at radius 3 is 1.63 bits per heavy atom. The van der Waals surface area contributed by atoms with Crippen LogP contribution >= 0.6 is 0 Å². The van der Waals surface area contributed by atoms with Gasteiger partial charge >= 0.3 is 0 Å². The van der Waals surface area contributed by atoms with E-state index in [9.17, 15) is 0 Å². The lowest BCUT2D eigenvalue weighted by molar-refractivity contribution is 0.621. The molecule has 0 spiro atoms. The summed E-state index contributed by atoms with van der Waals surface area (Å²) < 4.78 is 13.1. The number of rotatable bonds is 7. The zero-order valence-electron chi connectivity index (χ0n) is 30.8. The Kier molecular flexibility index (Phi) is 7.78. The van der Waals surface area contributed by atoms with E-state index >= 15 is 0 Å². The number of oxazole rings is 1. The van der Waals surface area contributed by atoms with Crippen molar-refractivity contribution in [3.63, 3.8) is 0 Å². The van der Waals surface area contributed by atoms with Gasteiger partial charge in [-0.1, -0.05) is 146 Å². The average molecular weight is 731 g/mol. The van der Waals surface area contributed by atoms with Crippen molar-refractivity contribution in [3.05, 3.63) is 206 Å². The molecule has 57 heavy (non-hydrogen) atoms. The summed E-state index contributed by atoms with van der Waals surface area (Å²) in [6.07, 6.45) is 0. The van der Waals surface area contributed by atoms with Gasteiger partial charge in [0.15, 0.2) is 5.58 Å². The van der Waals surface area contributed by atoms with Crippen LogP contribution in [0.25, 0.3) is 88.6 Å². The molecule has 0 aliphatic carbocycles. The van der Waals surface area contributed by atoms with Gasteiger partial charge in [-0.2, -0.15) is 0 Å². The van der Waals surface area contributed by atoms with Crippen LogP contribution in [0.1, 0.15) is 0 Å². The highest BCUT2D eigenvalue weighted by atomic mass is 16.4. The number of fused-ring (bicyclic) bond motifs is 5. The highest BCUT2D eigenvalue weighted by Gasteiger charge is 2.22. The summed E-state index contributed by atoms with van der Waals surface area (Å²) in [5, 5.41) is 4.53. The van der Waals surface area contributed by atoms with E-state index in [0.29, 0.717) is 5.89 Å². The molecular weight excluding hydrogens is 697 g/mol. The van der Waals surface area contributed by atoms with Crippen molar-refractivity contribution < 1.29 is 8.83 Å². The second-order valence-corrected chi connectivity index (χ2v) is 14.3. The van der Waals surface area contributed by atoms with E-state index in [2.05, 4.69) is 163 Å². The second-order valence-electron chi connectivity index (χ2n) is 14.3. The minimum atomic E-state index is 0.581. The van der Waals surface area contributed by atoms with E-state index in [-0.39, 0.29) is 0 Å². The van der Waals surface area contributed by atoms with E-state index in [1.807, 2.05) is 48.5 Å². The summed E-state index contributed by atoms with van der Waals surface area (Å²) in [7, 11) is 0. The Morgan fingerprint density at radius 2 is 0.930 bits per heavy atom. The fourth-order valence-electron chi connectivity index (χ4n) is 8.18. The van der Waals surface area contributed by atoms with Crippen LogP contribution < -0.4 is 4.90 Å². The highest BCUT2D eigenvalue weighted by Crippen LogP contribution is 2.44.